The van der Waals surface area contributed by atoms with Crippen LogP contribution in [-0.2, 0) is 4.74 Å². The number of rotatable bonds is 2. The first-order chi connectivity index (χ1) is 6.75. The summed E-state index contributed by atoms with van der Waals surface area (Å²) in [6.45, 7) is -0.00396. The summed E-state index contributed by atoms with van der Waals surface area (Å²) in [6, 6.07) is 9.21. The summed E-state index contributed by atoms with van der Waals surface area (Å²) >= 11 is 0. The molecule has 0 aromatic heterocycles. The van der Waals surface area contributed by atoms with Crippen LogP contribution in [-0.4, -0.2) is 19.7 Å². The molecule has 72 valence electrons. The summed E-state index contributed by atoms with van der Waals surface area (Å²) in [5, 5.41) is 0. The second-order valence-electron chi connectivity index (χ2n) is 2.65. The van der Waals surface area contributed by atoms with Gasteiger partial charge in [0.1, 0.15) is 0 Å². The molecule has 14 heavy (non-hydrogen) atoms. The van der Waals surface area contributed by atoms with Crippen LogP contribution in [0.1, 0.15) is 0 Å². The average molecular weight is 189 g/mol. The Kier molecular flexibility index (Phi) is 3.57. The minimum atomic E-state index is -0.450. The molecule has 0 heterocycles. The lowest BCUT2D eigenvalue weighted by Gasteiger charge is -2.15. The molecule has 0 fully saturated rings. The third-order valence-corrected chi connectivity index (χ3v) is 1.70. The molecule has 0 aliphatic carbocycles. The van der Waals surface area contributed by atoms with Crippen molar-refractivity contribution in [1.82, 2.24) is 0 Å². The lowest BCUT2D eigenvalue weighted by molar-refractivity contribution is 0.169. The minimum absolute atomic E-state index is 0.00396. The van der Waals surface area contributed by atoms with Gasteiger partial charge >= 0.3 is 6.09 Å². The number of carbonyl (C=O) groups excluding carboxylic acids is 1. The van der Waals surface area contributed by atoms with Crippen molar-refractivity contribution in [2.75, 3.05) is 18.6 Å². The van der Waals surface area contributed by atoms with E-state index in [4.69, 9.17) is 11.2 Å². The molecular weight excluding hydrogens is 178 g/mol. The Labute approximate surface area is 83.3 Å². The first-order valence-corrected chi connectivity index (χ1v) is 4.14. The van der Waals surface area contributed by atoms with Crippen molar-refractivity contribution >= 4 is 11.8 Å². The van der Waals surface area contributed by atoms with E-state index in [0.717, 1.165) is 5.69 Å². The average Bonchev–Trinajstić information content (AvgIpc) is 2.26. The molecule has 0 saturated heterocycles. The number of carbonyl (C=O) groups is 1. The van der Waals surface area contributed by atoms with E-state index in [2.05, 4.69) is 5.92 Å². The van der Waals surface area contributed by atoms with Crippen LogP contribution in [0.3, 0.4) is 0 Å². The fourth-order valence-corrected chi connectivity index (χ4v) is 0.957. The molecule has 3 heteroatoms. The van der Waals surface area contributed by atoms with Crippen LogP contribution in [0.2, 0.25) is 0 Å². The molecule has 0 aliphatic rings. The highest BCUT2D eigenvalue weighted by Gasteiger charge is 2.10. The highest BCUT2D eigenvalue weighted by atomic mass is 16.6. The largest absolute Gasteiger partial charge is 0.436 e. The maximum absolute atomic E-state index is 11.3. The number of para-hydroxylation sites is 1. The minimum Gasteiger partial charge on any atom is -0.436 e. The van der Waals surface area contributed by atoms with Crippen LogP contribution in [0.15, 0.2) is 30.3 Å². The van der Waals surface area contributed by atoms with Crippen LogP contribution in [0.5, 0.6) is 0 Å². The summed E-state index contributed by atoms with van der Waals surface area (Å²) < 4.78 is 4.76. The van der Waals surface area contributed by atoms with Gasteiger partial charge in [0, 0.05) is 12.7 Å². The normalized spacial score (nSPS) is 8.86. The predicted octanol–water partition coefficient (Wildman–Crippen LogP) is 1.89. The maximum atomic E-state index is 11.3. The van der Waals surface area contributed by atoms with Gasteiger partial charge in [-0.05, 0) is 12.1 Å². The standard InChI is InChI=1S/C11H11NO2/c1-3-9-14-11(13)12(2)10-7-5-4-6-8-10/h1,4-8H,9H2,2H3. The van der Waals surface area contributed by atoms with Gasteiger partial charge in [-0.15, -0.1) is 6.42 Å². The quantitative estimate of drug-likeness (QED) is 0.665. The van der Waals surface area contributed by atoms with E-state index in [1.54, 1.807) is 7.05 Å². The molecule has 0 saturated carbocycles. The Hall–Kier alpha value is -1.95. The molecule has 0 spiro atoms. The SMILES string of the molecule is C#CCOC(=O)N(C)c1ccccc1. The van der Waals surface area contributed by atoms with Gasteiger partial charge < -0.3 is 4.74 Å². The van der Waals surface area contributed by atoms with E-state index >= 15 is 0 Å². The summed E-state index contributed by atoms with van der Waals surface area (Å²) in [5.74, 6) is 2.24. The molecular formula is C11H11NO2. The van der Waals surface area contributed by atoms with Crippen molar-refractivity contribution in [3.8, 4) is 12.3 Å². The van der Waals surface area contributed by atoms with Gasteiger partial charge in [0.05, 0.1) is 0 Å². The van der Waals surface area contributed by atoms with Crippen molar-refractivity contribution < 1.29 is 9.53 Å². The van der Waals surface area contributed by atoms with Gasteiger partial charge in [-0.3, -0.25) is 4.90 Å². The Morgan fingerprint density at radius 1 is 1.50 bits per heavy atom. The third kappa shape index (κ3) is 2.53. The fourth-order valence-electron chi connectivity index (χ4n) is 0.957. The van der Waals surface area contributed by atoms with Gasteiger partial charge in [0.15, 0.2) is 6.61 Å². The second-order valence-corrected chi connectivity index (χ2v) is 2.65. The van der Waals surface area contributed by atoms with Crippen molar-refractivity contribution in [3.05, 3.63) is 30.3 Å². The highest BCUT2D eigenvalue weighted by molar-refractivity contribution is 5.86. The molecule has 1 aromatic carbocycles. The first-order valence-electron chi connectivity index (χ1n) is 4.14. The third-order valence-electron chi connectivity index (χ3n) is 1.70. The summed E-state index contributed by atoms with van der Waals surface area (Å²) in [4.78, 5) is 12.7. The lowest BCUT2D eigenvalue weighted by Crippen LogP contribution is -2.27. The van der Waals surface area contributed by atoms with Gasteiger partial charge in [-0.25, -0.2) is 4.79 Å². The number of anilines is 1. The zero-order valence-corrected chi connectivity index (χ0v) is 7.93. The zero-order chi connectivity index (χ0) is 10.4. The van der Waals surface area contributed by atoms with Crippen LogP contribution in [0.4, 0.5) is 10.5 Å². The summed E-state index contributed by atoms with van der Waals surface area (Å²) in [6.07, 6.45) is 4.52. The van der Waals surface area contributed by atoms with Crippen molar-refractivity contribution in [1.29, 1.82) is 0 Å². The van der Waals surface area contributed by atoms with E-state index in [-0.39, 0.29) is 6.61 Å². The van der Waals surface area contributed by atoms with Crippen molar-refractivity contribution in [3.63, 3.8) is 0 Å². The molecule has 1 rings (SSSR count). The molecule has 1 amide bonds. The van der Waals surface area contributed by atoms with Gasteiger partial charge in [0.2, 0.25) is 0 Å². The maximum Gasteiger partial charge on any atom is 0.414 e. The van der Waals surface area contributed by atoms with Gasteiger partial charge in [-0.2, -0.15) is 0 Å². The number of ether oxygens (including phenoxy) is 1. The smallest absolute Gasteiger partial charge is 0.414 e. The molecule has 0 aliphatic heterocycles. The summed E-state index contributed by atoms with van der Waals surface area (Å²) in [5.41, 5.74) is 0.773. The topological polar surface area (TPSA) is 29.5 Å². The van der Waals surface area contributed by atoms with E-state index in [9.17, 15) is 4.79 Å². The fraction of sp³-hybridized carbons (Fsp3) is 0.182. The van der Waals surface area contributed by atoms with E-state index in [1.165, 1.54) is 4.90 Å². The van der Waals surface area contributed by atoms with Crippen molar-refractivity contribution in [2.24, 2.45) is 0 Å². The predicted molar refractivity (Wildman–Crippen MR) is 55.0 cm³/mol. The molecule has 3 nitrogen and oxygen atoms in total. The van der Waals surface area contributed by atoms with Crippen LogP contribution < -0.4 is 4.90 Å². The Morgan fingerprint density at radius 2 is 2.14 bits per heavy atom. The zero-order valence-electron chi connectivity index (χ0n) is 7.93. The highest BCUT2D eigenvalue weighted by Crippen LogP contribution is 2.11. The number of amides is 1. The molecule has 0 N–H and O–H groups in total. The lowest BCUT2D eigenvalue weighted by atomic mass is 10.3. The van der Waals surface area contributed by atoms with Crippen LogP contribution >= 0.6 is 0 Å². The van der Waals surface area contributed by atoms with Gasteiger partial charge in [0.25, 0.3) is 0 Å². The Bertz CT molecular complexity index is 340. The Balaban J connectivity index is 2.62. The van der Waals surface area contributed by atoms with E-state index in [1.807, 2.05) is 30.3 Å². The number of hydrogen-bond donors (Lipinski definition) is 0. The van der Waals surface area contributed by atoms with Crippen LogP contribution in [0.25, 0.3) is 0 Å². The molecule has 0 radical (unpaired) electrons. The molecule has 0 unspecified atom stereocenters. The van der Waals surface area contributed by atoms with E-state index < -0.39 is 6.09 Å². The monoisotopic (exact) mass is 189 g/mol. The van der Waals surface area contributed by atoms with Gasteiger partial charge in [-0.1, -0.05) is 24.1 Å². The number of terminal acetylenes is 1. The van der Waals surface area contributed by atoms with E-state index in [0.29, 0.717) is 0 Å². The number of nitrogens with zero attached hydrogens (tertiary/aromatic N) is 1. The number of hydrogen-bond acceptors (Lipinski definition) is 2. The van der Waals surface area contributed by atoms with Crippen molar-refractivity contribution in [2.45, 2.75) is 0 Å². The van der Waals surface area contributed by atoms with Crippen LogP contribution in [0, 0.1) is 12.3 Å². The Morgan fingerprint density at radius 3 is 2.71 bits per heavy atom. The molecule has 0 bridgehead atoms. The first kappa shape index (κ1) is 10.1. The molecule has 0 atom stereocenters. The second kappa shape index (κ2) is 4.93. The molecule has 1 aromatic rings. The number of benzene rings is 1. The summed E-state index contributed by atoms with van der Waals surface area (Å²) in [7, 11) is 1.63.